The first kappa shape index (κ1) is 24.3. The molecule has 2 unspecified atom stereocenters. The van der Waals surface area contributed by atoms with Crippen molar-refractivity contribution in [2.45, 2.75) is 71.1 Å². The average molecular weight is 459 g/mol. The maximum absolute atomic E-state index is 12.7. The lowest BCUT2D eigenvalue weighted by molar-refractivity contribution is -0.140. The van der Waals surface area contributed by atoms with Gasteiger partial charge in [-0.3, -0.25) is 9.36 Å². The van der Waals surface area contributed by atoms with Gasteiger partial charge < -0.3 is 14.4 Å². The van der Waals surface area contributed by atoms with Crippen LogP contribution >= 0.6 is 11.8 Å². The number of carbonyl (C=O) groups excluding carboxylic acids is 1. The van der Waals surface area contributed by atoms with Crippen LogP contribution in [0.25, 0.3) is 0 Å². The summed E-state index contributed by atoms with van der Waals surface area (Å²) < 4.78 is 13.8. The highest BCUT2D eigenvalue weighted by molar-refractivity contribution is 7.99. The number of aromatic nitrogens is 3. The fourth-order valence-corrected chi connectivity index (χ4v) is 4.70. The maximum atomic E-state index is 12.7. The minimum atomic E-state index is 0.0539. The third kappa shape index (κ3) is 6.13. The van der Waals surface area contributed by atoms with Gasteiger partial charge in [-0.05, 0) is 43.9 Å². The highest BCUT2D eigenvalue weighted by Crippen LogP contribution is 2.28. The van der Waals surface area contributed by atoms with Gasteiger partial charge in [0.2, 0.25) is 5.91 Å². The molecule has 0 bridgehead atoms. The molecule has 1 aromatic carbocycles. The molecule has 0 aliphatic carbocycles. The Kier molecular flexibility index (Phi) is 8.37. The van der Waals surface area contributed by atoms with Crippen molar-refractivity contribution in [3.8, 4) is 5.75 Å². The lowest BCUT2D eigenvalue weighted by Crippen LogP contribution is -2.48. The summed E-state index contributed by atoms with van der Waals surface area (Å²) in [7, 11) is 0. The van der Waals surface area contributed by atoms with Gasteiger partial charge in [-0.1, -0.05) is 43.8 Å². The molecular weight excluding hydrogens is 424 g/mol. The first-order valence-electron chi connectivity index (χ1n) is 11.1. The van der Waals surface area contributed by atoms with Crippen molar-refractivity contribution >= 4 is 17.7 Å². The highest BCUT2D eigenvalue weighted by atomic mass is 32.2. The van der Waals surface area contributed by atoms with E-state index >= 15 is 0 Å². The van der Waals surface area contributed by atoms with Crippen molar-refractivity contribution in [1.29, 1.82) is 0 Å². The second-order valence-electron chi connectivity index (χ2n) is 8.63. The molecule has 0 N–H and O–H groups in total. The molecule has 174 valence electrons. The van der Waals surface area contributed by atoms with Crippen LogP contribution in [0.3, 0.4) is 0 Å². The van der Waals surface area contributed by atoms with E-state index < -0.39 is 0 Å². The molecule has 7 nitrogen and oxygen atoms in total. The van der Waals surface area contributed by atoms with E-state index in [-0.39, 0.29) is 18.1 Å². The van der Waals surface area contributed by atoms with E-state index in [1.54, 1.807) is 6.08 Å². The van der Waals surface area contributed by atoms with Gasteiger partial charge in [0.15, 0.2) is 11.0 Å². The lowest BCUT2D eigenvalue weighted by atomic mass is 10.0. The van der Waals surface area contributed by atoms with Crippen molar-refractivity contribution < 1.29 is 14.3 Å². The van der Waals surface area contributed by atoms with Gasteiger partial charge in [0, 0.05) is 19.6 Å². The van der Waals surface area contributed by atoms with Crippen LogP contribution in [0.4, 0.5) is 0 Å². The maximum Gasteiger partial charge on any atom is 0.233 e. The monoisotopic (exact) mass is 458 g/mol. The van der Waals surface area contributed by atoms with Crippen LogP contribution in [0.1, 0.15) is 50.6 Å². The van der Waals surface area contributed by atoms with Crippen molar-refractivity contribution in [2.24, 2.45) is 0 Å². The smallest absolute Gasteiger partial charge is 0.233 e. The predicted molar refractivity (Wildman–Crippen MR) is 127 cm³/mol. The predicted octanol–water partition coefficient (Wildman–Crippen LogP) is 4.20. The Bertz CT molecular complexity index is 933. The van der Waals surface area contributed by atoms with Crippen LogP contribution in [-0.2, 0) is 22.7 Å². The fraction of sp³-hybridized carbons (Fsp3) is 0.542. The summed E-state index contributed by atoms with van der Waals surface area (Å²) in [6.07, 6.45) is 1.91. The molecule has 1 aliphatic heterocycles. The molecule has 1 fully saturated rings. The molecule has 1 amide bonds. The molecule has 1 aromatic heterocycles. The number of nitrogens with zero attached hydrogens (tertiary/aromatic N) is 4. The Balaban J connectivity index is 1.67. The van der Waals surface area contributed by atoms with Crippen LogP contribution in [0.2, 0.25) is 0 Å². The number of hydrogen-bond acceptors (Lipinski definition) is 6. The Morgan fingerprint density at radius 1 is 1.31 bits per heavy atom. The second kappa shape index (κ2) is 11.0. The molecule has 8 heteroatoms. The van der Waals surface area contributed by atoms with Crippen LogP contribution < -0.4 is 4.74 Å². The normalized spacial score (nSPS) is 18.8. The second-order valence-corrected chi connectivity index (χ2v) is 9.57. The van der Waals surface area contributed by atoms with E-state index in [4.69, 9.17) is 9.47 Å². The summed E-state index contributed by atoms with van der Waals surface area (Å²) in [6, 6.07) is 6.27. The van der Waals surface area contributed by atoms with Crippen LogP contribution in [-0.4, -0.2) is 56.6 Å². The quantitative estimate of drug-likeness (QED) is 0.414. The Morgan fingerprint density at radius 2 is 2.03 bits per heavy atom. The number of rotatable bonds is 9. The highest BCUT2D eigenvalue weighted by Gasteiger charge is 2.26. The molecule has 32 heavy (non-hydrogen) atoms. The van der Waals surface area contributed by atoms with Gasteiger partial charge in [0.05, 0.1) is 18.0 Å². The number of benzene rings is 1. The fourth-order valence-electron chi connectivity index (χ4n) is 3.83. The number of aryl methyl sites for hydroxylation is 1. The number of morpholine rings is 1. The minimum Gasteiger partial charge on any atom is -0.485 e. The summed E-state index contributed by atoms with van der Waals surface area (Å²) in [5.41, 5.74) is 2.32. The van der Waals surface area contributed by atoms with Gasteiger partial charge in [-0.15, -0.1) is 16.8 Å². The van der Waals surface area contributed by atoms with Gasteiger partial charge in [0.25, 0.3) is 0 Å². The molecule has 0 spiro atoms. The molecule has 2 heterocycles. The summed E-state index contributed by atoms with van der Waals surface area (Å²) in [6.45, 7) is 16.3. The van der Waals surface area contributed by atoms with Crippen molar-refractivity contribution in [2.75, 3.05) is 18.8 Å². The van der Waals surface area contributed by atoms with Crippen LogP contribution in [0.15, 0.2) is 36.0 Å². The van der Waals surface area contributed by atoms with Crippen molar-refractivity contribution in [1.82, 2.24) is 19.7 Å². The van der Waals surface area contributed by atoms with Crippen LogP contribution in [0.5, 0.6) is 5.75 Å². The zero-order chi connectivity index (χ0) is 23.3. The summed E-state index contributed by atoms with van der Waals surface area (Å²) in [5, 5.41) is 9.35. The largest absolute Gasteiger partial charge is 0.485 e. The third-order valence-electron chi connectivity index (χ3n) is 5.35. The molecule has 1 saturated heterocycles. The molecule has 0 saturated carbocycles. The Labute approximate surface area is 195 Å². The number of thioether (sulfide) groups is 1. The Morgan fingerprint density at radius 3 is 2.69 bits per heavy atom. The zero-order valence-electron chi connectivity index (χ0n) is 19.7. The number of amides is 1. The Hall–Kier alpha value is -2.32. The van der Waals surface area contributed by atoms with Gasteiger partial charge in [0.1, 0.15) is 12.4 Å². The molecule has 2 atom stereocenters. The summed E-state index contributed by atoms with van der Waals surface area (Å²) >= 11 is 1.40. The standard InChI is InChI=1S/C24H34N4O3S/c1-7-10-28-22(14-30-21-11-17(4)8-9-20(21)16(2)3)25-26-24(28)32-15-23(29)27-12-18(5)31-19(6)13-27/h7-9,11,16,18-19H,1,10,12-15H2,2-6H3. The van der Waals surface area contributed by atoms with Gasteiger partial charge in [-0.2, -0.15) is 0 Å². The lowest BCUT2D eigenvalue weighted by Gasteiger charge is -2.35. The number of carbonyl (C=O) groups is 1. The first-order chi connectivity index (χ1) is 15.3. The third-order valence-corrected chi connectivity index (χ3v) is 6.30. The summed E-state index contributed by atoms with van der Waals surface area (Å²) in [5.74, 6) is 2.34. The van der Waals surface area contributed by atoms with E-state index in [2.05, 4.69) is 55.7 Å². The SMILES string of the molecule is C=CCn1c(COc2cc(C)ccc2C(C)C)nnc1SCC(=O)N1CC(C)OC(C)C1. The number of allylic oxidation sites excluding steroid dienone is 1. The van der Waals surface area contributed by atoms with E-state index in [1.165, 1.54) is 17.3 Å². The average Bonchev–Trinajstić information content (AvgIpc) is 3.11. The van der Waals surface area contributed by atoms with Crippen molar-refractivity contribution in [3.63, 3.8) is 0 Å². The van der Waals surface area contributed by atoms with Gasteiger partial charge in [-0.25, -0.2) is 0 Å². The van der Waals surface area contributed by atoms with E-state index in [0.717, 1.165) is 11.3 Å². The van der Waals surface area contributed by atoms with Gasteiger partial charge >= 0.3 is 0 Å². The summed E-state index contributed by atoms with van der Waals surface area (Å²) in [4.78, 5) is 14.6. The van der Waals surface area contributed by atoms with E-state index in [9.17, 15) is 4.79 Å². The first-order valence-corrected chi connectivity index (χ1v) is 12.1. The number of hydrogen-bond donors (Lipinski definition) is 0. The molecular formula is C24H34N4O3S. The van der Waals surface area contributed by atoms with E-state index in [0.29, 0.717) is 48.9 Å². The molecule has 3 rings (SSSR count). The van der Waals surface area contributed by atoms with Crippen LogP contribution in [0, 0.1) is 6.92 Å². The topological polar surface area (TPSA) is 69.5 Å². The number of ether oxygens (including phenoxy) is 2. The minimum absolute atomic E-state index is 0.0539. The molecule has 0 radical (unpaired) electrons. The molecule has 2 aromatic rings. The molecule has 1 aliphatic rings. The zero-order valence-corrected chi connectivity index (χ0v) is 20.5. The van der Waals surface area contributed by atoms with Crippen molar-refractivity contribution in [3.05, 3.63) is 47.8 Å². The van der Waals surface area contributed by atoms with E-state index in [1.807, 2.05) is 23.3 Å².